The van der Waals surface area contributed by atoms with Crippen LogP contribution < -0.4 is 0 Å². The van der Waals surface area contributed by atoms with E-state index < -0.39 is 22.2 Å². The van der Waals surface area contributed by atoms with Crippen molar-refractivity contribution >= 4 is 27.7 Å². The molecular formula is C22H27ClO5S. The van der Waals surface area contributed by atoms with E-state index in [1.165, 1.54) is 17.7 Å². The van der Waals surface area contributed by atoms with Crippen LogP contribution in [0.5, 0.6) is 0 Å². The van der Waals surface area contributed by atoms with Crippen LogP contribution in [-0.4, -0.2) is 27.1 Å². The van der Waals surface area contributed by atoms with Gasteiger partial charge in [-0.15, -0.1) is 0 Å². The largest absolute Gasteiger partial charge is 0.464 e. The van der Waals surface area contributed by atoms with Gasteiger partial charge in [0.15, 0.2) is 6.10 Å². The fourth-order valence-corrected chi connectivity index (χ4v) is 4.03. The van der Waals surface area contributed by atoms with Crippen LogP contribution in [0.3, 0.4) is 0 Å². The highest BCUT2D eigenvalue weighted by Gasteiger charge is 2.28. The van der Waals surface area contributed by atoms with Gasteiger partial charge in [-0.05, 0) is 62.9 Å². The summed E-state index contributed by atoms with van der Waals surface area (Å²) in [6, 6.07) is 14.0. The fourth-order valence-electron chi connectivity index (χ4n) is 2.84. The Morgan fingerprint density at radius 1 is 1.00 bits per heavy atom. The van der Waals surface area contributed by atoms with E-state index in [0.29, 0.717) is 11.4 Å². The Morgan fingerprint density at radius 3 is 2.28 bits per heavy atom. The van der Waals surface area contributed by atoms with Gasteiger partial charge in [-0.2, -0.15) is 8.42 Å². The van der Waals surface area contributed by atoms with E-state index in [1.54, 1.807) is 19.1 Å². The van der Waals surface area contributed by atoms with E-state index in [4.69, 9.17) is 20.5 Å². The van der Waals surface area contributed by atoms with Crippen LogP contribution in [0.25, 0.3) is 0 Å². The fraction of sp³-hybridized carbons (Fsp3) is 0.409. The van der Waals surface area contributed by atoms with Crippen LogP contribution in [0.4, 0.5) is 0 Å². The molecule has 2 rings (SSSR count). The number of aryl methyl sites for hydroxylation is 2. The lowest BCUT2D eigenvalue weighted by Crippen LogP contribution is -2.29. The summed E-state index contributed by atoms with van der Waals surface area (Å²) in [4.78, 5) is 12.2. The van der Waals surface area contributed by atoms with Gasteiger partial charge in [0.1, 0.15) is 0 Å². The minimum absolute atomic E-state index is 0.0279. The maximum atomic E-state index is 12.5. The van der Waals surface area contributed by atoms with Gasteiger partial charge in [-0.1, -0.05) is 54.3 Å². The Balaban J connectivity index is 1.91. The second kappa shape index (κ2) is 11.3. The number of ether oxygens (including phenoxy) is 1. The Hall–Kier alpha value is -1.89. The van der Waals surface area contributed by atoms with Crippen LogP contribution in [0.2, 0.25) is 5.02 Å². The minimum Gasteiger partial charge on any atom is -0.464 e. The molecule has 0 heterocycles. The molecule has 0 spiro atoms. The molecule has 0 saturated carbocycles. The number of halogens is 1. The average molecular weight is 439 g/mol. The van der Waals surface area contributed by atoms with Gasteiger partial charge < -0.3 is 4.74 Å². The Labute approximate surface area is 178 Å². The Kier molecular flexibility index (Phi) is 9.14. The normalized spacial score (nSPS) is 12.5. The zero-order chi connectivity index (χ0) is 21.3. The van der Waals surface area contributed by atoms with Crippen molar-refractivity contribution in [3.8, 4) is 0 Å². The van der Waals surface area contributed by atoms with E-state index in [-0.39, 0.29) is 17.9 Å². The number of carbonyl (C=O) groups excluding carboxylic acids is 1. The standard InChI is InChI=1S/C22H27ClO5S/c1-3-27-22(24)21(28-29(25,26)20-15-9-17(2)10-16-20)8-6-4-5-7-18-11-13-19(23)14-12-18/h9-16,21H,3-8H2,1-2H3. The van der Waals surface area contributed by atoms with Crippen LogP contribution in [0.1, 0.15) is 43.7 Å². The highest BCUT2D eigenvalue weighted by Crippen LogP contribution is 2.19. The average Bonchev–Trinajstić information content (AvgIpc) is 2.68. The summed E-state index contributed by atoms with van der Waals surface area (Å²) in [6.07, 6.45) is 2.44. The molecule has 0 amide bonds. The molecule has 5 nitrogen and oxygen atoms in total. The van der Waals surface area contributed by atoms with Gasteiger partial charge in [0.2, 0.25) is 0 Å². The Bertz CT molecular complexity index is 876. The minimum atomic E-state index is -4.04. The lowest BCUT2D eigenvalue weighted by molar-refractivity contribution is -0.151. The van der Waals surface area contributed by atoms with Crippen molar-refractivity contribution in [2.75, 3.05) is 6.61 Å². The van der Waals surface area contributed by atoms with Crippen molar-refractivity contribution in [1.82, 2.24) is 0 Å². The molecule has 0 aliphatic heterocycles. The van der Waals surface area contributed by atoms with Crippen molar-refractivity contribution in [3.05, 3.63) is 64.7 Å². The molecule has 0 saturated heterocycles. The van der Waals surface area contributed by atoms with Crippen molar-refractivity contribution in [1.29, 1.82) is 0 Å². The SMILES string of the molecule is CCOC(=O)C(CCCCCc1ccc(Cl)cc1)OS(=O)(=O)c1ccc(C)cc1. The van der Waals surface area contributed by atoms with E-state index in [0.717, 1.165) is 24.8 Å². The lowest BCUT2D eigenvalue weighted by atomic mass is 10.0. The molecule has 1 atom stereocenters. The first-order valence-corrected chi connectivity index (χ1v) is 11.5. The zero-order valence-corrected chi connectivity index (χ0v) is 18.3. The number of rotatable bonds is 11. The summed E-state index contributed by atoms with van der Waals surface area (Å²) in [6.45, 7) is 3.71. The molecule has 2 aromatic rings. The first-order chi connectivity index (χ1) is 13.8. The number of hydrogen-bond acceptors (Lipinski definition) is 5. The summed E-state index contributed by atoms with van der Waals surface area (Å²) >= 11 is 5.88. The number of benzene rings is 2. The van der Waals surface area contributed by atoms with E-state index in [2.05, 4.69) is 0 Å². The zero-order valence-electron chi connectivity index (χ0n) is 16.8. The van der Waals surface area contributed by atoms with Crippen molar-refractivity contribution in [2.45, 2.75) is 57.0 Å². The second-order valence-corrected chi connectivity index (χ2v) is 8.84. The van der Waals surface area contributed by atoms with E-state index >= 15 is 0 Å². The first-order valence-electron chi connectivity index (χ1n) is 9.73. The predicted octanol–water partition coefficient (Wildman–Crippen LogP) is 5.09. The highest BCUT2D eigenvalue weighted by molar-refractivity contribution is 7.86. The quantitative estimate of drug-likeness (QED) is 0.277. The van der Waals surface area contributed by atoms with Crippen molar-refractivity contribution < 1.29 is 22.1 Å². The second-order valence-electron chi connectivity index (χ2n) is 6.83. The molecule has 0 radical (unpaired) electrons. The molecule has 0 bridgehead atoms. The molecular weight excluding hydrogens is 412 g/mol. The van der Waals surface area contributed by atoms with Crippen molar-refractivity contribution in [3.63, 3.8) is 0 Å². The van der Waals surface area contributed by atoms with Gasteiger partial charge >= 0.3 is 5.97 Å². The number of esters is 1. The Morgan fingerprint density at radius 2 is 1.66 bits per heavy atom. The van der Waals surface area contributed by atoms with Crippen LogP contribution >= 0.6 is 11.6 Å². The smallest absolute Gasteiger partial charge is 0.336 e. The van der Waals surface area contributed by atoms with Gasteiger partial charge in [-0.25, -0.2) is 4.79 Å². The molecule has 7 heteroatoms. The van der Waals surface area contributed by atoms with Gasteiger partial charge in [0.05, 0.1) is 11.5 Å². The summed E-state index contributed by atoms with van der Waals surface area (Å²) in [5, 5.41) is 0.706. The van der Waals surface area contributed by atoms with Gasteiger partial charge in [0.25, 0.3) is 10.1 Å². The topological polar surface area (TPSA) is 69.7 Å². The third-order valence-electron chi connectivity index (χ3n) is 4.45. The molecule has 29 heavy (non-hydrogen) atoms. The molecule has 0 fully saturated rings. The molecule has 2 aromatic carbocycles. The molecule has 158 valence electrons. The number of hydrogen-bond donors (Lipinski definition) is 0. The third kappa shape index (κ3) is 7.80. The van der Waals surface area contributed by atoms with Gasteiger partial charge in [-0.3, -0.25) is 4.18 Å². The van der Waals surface area contributed by atoms with Crippen molar-refractivity contribution in [2.24, 2.45) is 0 Å². The number of unbranched alkanes of at least 4 members (excludes halogenated alkanes) is 2. The summed E-state index contributed by atoms with van der Waals surface area (Å²) < 4.78 is 35.3. The van der Waals surface area contributed by atoms with E-state index in [9.17, 15) is 13.2 Å². The maximum Gasteiger partial charge on any atom is 0.336 e. The molecule has 0 aromatic heterocycles. The summed E-state index contributed by atoms with van der Waals surface area (Å²) in [5.74, 6) is -0.652. The first kappa shape index (κ1) is 23.4. The third-order valence-corrected chi connectivity index (χ3v) is 6.03. The predicted molar refractivity (Wildman–Crippen MR) is 113 cm³/mol. The summed E-state index contributed by atoms with van der Waals surface area (Å²) in [5.41, 5.74) is 2.13. The van der Waals surface area contributed by atoms with E-state index in [1.807, 2.05) is 31.2 Å². The summed E-state index contributed by atoms with van der Waals surface area (Å²) in [7, 11) is -4.04. The van der Waals surface area contributed by atoms with Crippen LogP contribution in [-0.2, 0) is 30.3 Å². The number of carbonyl (C=O) groups is 1. The van der Waals surface area contributed by atoms with Crippen LogP contribution in [0.15, 0.2) is 53.4 Å². The molecule has 0 N–H and O–H groups in total. The lowest BCUT2D eigenvalue weighted by Gasteiger charge is -2.16. The molecule has 0 aliphatic carbocycles. The maximum absolute atomic E-state index is 12.5. The molecule has 0 aliphatic rings. The highest BCUT2D eigenvalue weighted by atomic mass is 35.5. The molecule has 1 unspecified atom stereocenters. The monoisotopic (exact) mass is 438 g/mol. The van der Waals surface area contributed by atoms with Gasteiger partial charge in [0, 0.05) is 5.02 Å². The van der Waals surface area contributed by atoms with Crippen LogP contribution in [0, 0.1) is 6.92 Å².